The Bertz CT molecular complexity index is 939. The molecule has 0 aromatic heterocycles. The summed E-state index contributed by atoms with van der Waals surface area (Å²) in [5.41, 5.74) is 3.34. The smallest absolute Gasteiger partial charge is 0.326 e. The maximum Gasteiger partial charge on any atom is 0.326 e. The number of aromatic hydroxyl groups is 1. The van der Waals surface area contributed by atoms with Crippen LogP contribution >= 0.6 is 0 Å². The van der Waals surface area contributed by atoms with Crippen molar-refractivity contribution in [1.29, 1.82) is 0 Å². The Balaban J connectivity index is 1.61. The Hall–Kier alpha value is -3.80. The number of hydrogen-bond acceptors (Lipinski definition) is 3. The maximum atomic E-state index is 12.2. The van der Waals surface area contributed by atoms with Crippen LogP contribution < -0.4 is 10.6 Å². The SMILES string of the molecule is O=C(Nc1ccc(-c2ccccc2)cc1)NC(Cc1ccc(O)cc1)C(=O)O. The van der Waals surface area contributed by atoms with E-state index in [9.17, 15) is 19.8 Å². The molecule has 1 atom stereocenters. The Labute approximate surface area is 162 Å². The number of benzene rings is 3. The molecule has 0 bridgehead atoms. The third-order valence-electron chi connectivity index (χ3n) is 4.23. The zero-order valence-corrected chi connectivity index (χ0v) is 15.0. The number of carboxylic acid groups (broad SMARTS) is 1. The van der Waals surface area contributed by atoms with Crippen LogP contribution in [0.15, 0.2) is 78.9 Å². The minimum atomic E-state index is -1.14. The molecule has 3 aromatic rings. The fourth-order valence-electron chi connectivity index (χ4n) is 2.77. The number of rotatable bonds is 6. The Morgan fingerprint density at radius 2 is 1.43 bits per heavy atom. The highest BCUT2D eigenvalue weighted by Gasteiger charge is 2.20. The van der Waals surface area contributed by atoms with Gasteiger partial charge in [-0.05, 0) is 41.0 Å². The minimum Gasteiger partial charge on any atom is -0.508 e. The van der Waals surface area contributed by atoms with Crippen molar-refractivity contribution in [1.82, 2.24) is 5.32 Å². The lowest BCUT2D eigenvalue weighted by molar-refractivity contribution is -0.139. The molecule has 0 saturated carbocycles. The van der Waals surface area contributed by atoms with Gasteiger partial charge < -0.3 is 20.8 Å². The van der Waals surface area contributed by atoms with Gasteiger partial charge in [-0.25, -0.2) is 9.59 Å². The third-order valence-corrected chi connectivity index (χ3v) is 4.23. The standard InChI is InChI=1S/C22H20N2O4/c25-19-12-6-15(7-13-19)14-20(21(26)27)24-22(28)23-18-10-8-17(9-11-18)16-4-2-1-3-5-16/h1-13,20,25H,14H2,(H,26,27)(H2,23,24,28). The summed E-state index contributed by atoms with van der Waals surface area (Å²) >= 11 is 0. The molecule has 0 aliphatic rings. The highest BCUT2D eigenvalue weighted by Crippen LogP contribution is 2.21. The second-order valence-electron chi connectivity index (χ2n) is 6.30. The van der Waals surface area contributed by atoms with Crippen LogP contribution in [0, 0.1) is 0 Å². The predicted molar refractivity (Wildman–Crippen MR) is 107 cm³/mol. The molecule has 142 valence electrons. The molecule has 0 spiro atoms. The quantitative estimate of drug-likeness (QED) is 0.525. The van der Waals surface area contributed by atoms with E-state index in [0.717, 1.165) is 11.1 Å². The van der Waals surface area contributed by atoms with Gasteiger partial charge in [-0.1, -0.05) is 54.6 Å². The third kappa shape index (κ3) is 5.11. The van der Waals surface area contributed by atoms with Crippen LogP contribution in [0.25, 0.3) is 11.1 Å². The Morgan fingerprint density at radius 3 is 2.04 bits per heavy atom. The fourth-order valence-corrected chi connectivity index (χ4v) is 2.77. The zero-order valence-electron chi connectivity index (χ0n) is 15.0. The van der Waals surface area contributed by atoms with Gasteiger partial charge in [-0.3, -0.25) is 0 Å². The van der Waals surface area contributed by atoms with Gasteiger partial charge in [0.15, 0.2) is 0 Å². The molecule has 0 radical (unpaired) electrons. The molecule has 0 heterocycles. The first-order chi connectivity index (χ1) is 13.5. The number of carbonyl (C=O) groups is 2. The van der Waals surface area contributed by atoms with Gasteiger partial charge in [-0.15, -0.1) is 0 Å². The van der Waals surface area contributed by atoms with Crippen LogP contribution in [0.1, 0.15) is 5.56 Å². The van der Waals surface area contributed by atoms with Gasteiger partial charge in [0.25, 0.3) is 0 Å². The molecular weight excluding hydrogens is 356 g/mol. The summed E-state index contributed by atoms with van der Waals surface area (Å²) in [5, 5.41) is 23.8. The number of amides is 2. The summed E-state index contributed by atoms with van der Waals surface area (Å²) in [5.74, 6) is -1.04. The van der Waals surface area contributed by atoms with Gasteiger partial charge in [0, 0.05) is 12.1 Å². The van der Waals surface area contributed by atoms with Crippen molar-refractivity contribution in [3.05, 3.63) is 84.4 Å². The summed E-state index contributed by atoms with van der Waals surface area (Å²) in [6.45, 7) is 0. The van der Waals surface area contributed by atoms with E-state index in [1.807, 2.05) is 42.5 Å². The van der Waals surface area contributed by atoms with E-state index in [-0.39, 0.29) is 12.2 Å². The van der Waals surface area contributed by atoms with Gasteiger partial charge in [-0.2, -0.15) is 0 Å². The minimum absolute atomic E-state index is 0.0975. The molecule has 6 nitrogen and oxygen atoms in total. The second kappa shape index (κ2) is 8.73. The Morgan fingerprint density at radius 1 is 0.821 bits per heavy atom. The largest absolute Gasteiger partial charge is 0.508 e. The summed E-state index contributed by atoms with van der Waals surface area (Å²) in [7, 11) is 0. The first-order valence-corrected chi connectivity index (χ1v) is 8.75. The lowest BCUT2D eigenvalue weighted by Crippen LogP contribution is -2.44. The van der Waals surface area contributed by atoms with Gasteiger partial charge in [0.2, 0.25) is 0 Å². The van der Waals surface area contributed by atoms with E-state index in [1.165, 1.54) is 12.1 Å². The van der Waals surface area contributed by atoms with Crippen LogP contribution in [0.3, 0.4) is 0 Å². The van der Waals surface area contributed by atoms with E-state index in [2.05, 4.69) is 10.6 Å². The lowest BCUT2D eigenvalue weighted by atomic mass is 10.1. The summed E-state index contributed by atoms with van der Waals surface area (Å²) in [6.07, 6.45) is 0.107. The van der Waals surface area contributed by atoms with E-state index in [1.54, 1.807) is 24.3 Å². The monoisotopic (exact) mass is 376 g/mol. The molecular formula is C22H20N2O4. The van der Waals surface area contributed by atoms with Gasteiger partial charge >= 0.3 is 12.0 Å². The normalized spacial score (nSPS) is 11.4. The van der Waals surface area contributed by atoms with E-state index < -0.39 is 18.0 Å². The summed E-state index contributed by atoms with van der Waals surface area (Å²) < 4.78 is 0. The number of carbonyl (C=O) groups excluding carboxylic acids is 1. The fraction of sp³-hybridized carbons (Fsp3) is 0.0909. The number of aliphatic carboxylic acids is 1. The number of phenols is 1. The summed E-state index contributed by atoms with van der Waals surface area (Å²) in [4.78, 5) is 23.7. The van der Waals surface area contributed by atoms with Crippen LogP contribution in [0.4, 0.5) is 10.5 Å². The Kier molecular flexibility index (Phi) is 5.91. The molecule has 2 amide bonds. The van der Waals surface area contributed by atoms with Crippen molar-refractivity contribution in [3.63, 3.8) is 0 Å². The molecule has 0 aliphatic carbocycles. The van der Waals surface area contributed by atoms with Crippen LogP contribution in [0.2, 0.25) is 0 Å². The number of anilines is 1. The lowest BCUT2D eigenvalue weighted by Gasteiger charge is -2.15. The molecule has 0 saturated heterocycles. The van der Waals surface area contributed by atoms with Crippen molar-refractivity contribution < 1.29 is 19.8 Å². The van der Waals surface area contributed by atoms with E-state index in [0.29, 0.717) is 11.3 Å². The number of carboxylic acids is 1. The number of nitrogens with one attached hydrogen (secondary N) is 2. The predicted octanol–water partition coefficient (Wildman–Crippen LogP) is 3.88. The molecule has 4 N–H and O–H groups in total. The zero-order chi connectivity index (χ0) is 19.9. The van der Waals surface area contributed by atoms with Crippen LogP contribution in [0.5, 0.6) is 5.75 Å². The van der Waals surface area contributed by atoms with Crippen molar-refractivity contribution in [2.75, 3.05) is 5.32 Å². The van der Waals surface area contributed by atoms with Crippen molar-refractivity contribution >= 4 is 17.7 Å². The van der Waals surface area contributed by atoms with Crippen molar-refractivity contribution in [3.8, 4) is 16.9 Å². The van der Waals surface area contributed by atoms with Crippen molar-refractivity contribution in [2.45, 2.75) is 12.5 Å². The average Bonchev–Trinajstić information content (AvgIpc) is 2.70. The van der Waals surface area contributed by atoms with Gasteiger partial charge in [0.05, 0.1) is 0 Å². The first-order valence-electron chi connectivity index (χ1n) is 8.75. The number of urea groups is 1. The van der Waals surface area contributed by atoms with E-state index in [4.69, 9.17) is 0 Å². The average molecular weight is 376 g/mol. The highest BCUT2D eigenvalue weighted by atomic mass is 16.4. The molecule has 6 heteroatoms. The maximum absolute atomic E-state index is 12.2. The van der Waals surface area contributed by atoms with E-state index >= 15 is 0 Å². The molecule has 28 heavy (non-hydrogen) atoms. The highest BCUT2D eigenvalue weighted by molar-refractivity contribution is 5.92. The molecule has 3 rings (SSSR count). The first kappa shape index (κ1) is 19.0. The number of phenolic OH excluding ortho intramolecular Hbond substituents is 1. The topological polar surface area (TPSA) is 98.7 Å². The number of hydrogen-bond donors (Lipinski definition) is 4. The van der Waals surface area contributed by atoms with Crippen molar-refractivity contribution in [2.24, 2.45) is 0 Å². The second-order valence-corrected chi connectivity index (χ2v) is 6.30. The van der Waals surface area contributed by atoms with Crippen LogP contribution in [-0.4, -0.2) is 28.3 Å². The van der Waals surface area contributed by atoms with Crippen LogP contribution in [-0.2, 0) is 11.2 Å². The molecule has 1 unspecified atom stereocenters. The molecule has 0 aliphatic heterocycles. The summed E-state index contributed by atoms with van der Waals surface area (Å²) in [6, 6.07) is 21.6. The molecule has 0 fully saturated rings. The van der Waals surface area contributed by atoms with Gasteiger partial charge in [0.1, 0.15) is 11.8 Å². The molecule has 3 aromatic carbocycles.